The highest BCUT2D eigenvalue weighted by molar-refractivity contribution is 9.10. The van der Waals surface area contributed by atoms with Gasteiger partial charge in [0.25, 0.3) is 0 Å². The molecule has 0 aromatic heterocycles. The first kappa shape index (κ1) is 12.7. The fourth-order valence-corrected chi connectivity index (χ4v) is 2.76. The van der Waals surface area contributed by atoms with Crippen molar-refractivity contribution in [3.05, 3.63) is 22.2 Å². The molecule has 17 heavy (non-hydrogen) atoms. The Morgan fingerprint density at radius 3 is 2.94 bits per heavy atom. The molecule has 2 N–H and O–H groups in total. The van der Waals surface area contributed by atoms with E-state index in [-0.39, 0.29) is 0 Å². The van der Waals surface area contributed by atoms with Gasteiger partial charge in [0.05, 0.1) is 11.6 Å². The summed E-state index contributed by atoms with van der Waals surface area (Å²) >= 11 is 3.37. The minimum atomic E-state index is 0.338. The Bertz CT molecular complexity index is 389. The van der Waals surface area contributed by atoms with Gasteiger partial charge in [0, 0.05) is 6.04 Å². The molecular weight excluding hydrogens is 282 g/mol. The van der Waals surface area contributed by atoms with Crippen LogP contribution in [0, 0.1) is 0 Å². The van der Waals surface area contributed by atoms with Crippen molar-refractivity contribution in [2.75, 3.05) is 13.7 Å². The van der Waals surface area contributed by atoms with Gasteiger partial charge in [0.15, 0.2) is 0 Å². The Kier molecular flexibility index (Phi) is 4.29. The van der Waals surface area contributed by atoms with Crippen LogP contribution in [0.3, 0.4) is 0 Å². The number of piperidine rings is 1. The van der Waals surface area contributed by atoms with E-state index in [1.54, 1.807) is 13.2 Å². The molecule has 1 aromatic rings. The molecule has 94 valence electrons. The Hall–Kier alpha value is -0.740. The molecule has 2 rings (SSSR count). The molecule has 1 aliphatic rings. The van der Waals surface area contributed by atoms with Crippen molar-refractivity contribution in [3.8, 4) is 11.5 Å². The molecule has 0 aliphatic carbocycles. The molecule has 4 heteroatoms. The van der Waals surface area contributed by atoms with Gasteiger partial charge >= 0.3 is 0 Å². The maximum absolute atomic E-state index is 9.93. The summed E-state index contributed by atoms with van der Waals surface area (Å²) in [5.74, 6) is 1.11. The second-order valence-electron chi connectivity index (χ2n) is 4.47. The zero-order valence-electron chi connectivity index (χ0n) is 10.0. The van der Waals surface area contributed by atoms with E-state index in [1.807, 2.05) is 6.07 Å². The maximum Gasteiger partial charge on any atom is 0.133 e. The molecule has 0 amide bonds. The topological polar surface area (TPSA) is 41.5 Å². The zero-order valence-corrected chi connectivity index (χ0v) is 11.6. The van der Waals surface area contributed by atoms with E-state index in [2.05, 4.69) is 21.2 Å². The van der Waals surface area contributed by atoms with Crippen LogP contribution in [0.5, 0.6) is 11.5 Å². The summed E-state index contributed by atoms with van der Waals surface area (Å²) < 4.78 is 6.04. The molecule has 0 bridgehead atoms. The van der Waals surface area contributed by atoms with Gasteiger partial charge in [0.2, 0.25) is 0 Å². The highest BCUT2D eigenvalue weighted by atomic mass is 79.9. The van der Waals surface area contributed by atoms with Crippen molar-refractivity contribution in [2.45, 2.75) is 31.7 Å². The monoisotopic (exact) mass is 299 g/mol. The van der Waals surface area contributed by atoms with E-state index in [0.717, 1.165) is 28.8 Å². The highest BCUT2D eigenvalue weighted by Gasteiger charge is 2.16. The lowest BCUT2D eigenvalue weighted by Gasteiger charge is -2.24. The summed E-state index contributed by atoms with van der Waals surface area (Å²) in [5, 5.41) is 13.4. The minimum Gasteiger partial charge on any atom is -0.508 e. The number of phenolic OH excluding ortho intramolecular Hbond substituents is 1. The standard InChI is InChI=1S/C13H18BrNO2/c1-17-13-7-9(12(16)8-11(13)14)6-10-4-2-3-5-15-10/h7-8,10,15-16H,2-6H2,1H3. The molecule has 1 unspecified atom stereocenters. The van der Waals surface area contributed by atoms with Gasteiger partial charge in [-0.2, -0.15) is 0 Å². The number of hydrogen-bond acceptors (Lipinski definition) is 3. The van der Waals surface area contributed by atoms with Crippen LogP contribution in [0.25, 0.3) is 0 Å². The summed E-state index contributed by atoms with van der Waals surface area (Å²) in [6, 6.07) is 4.09. The quantitative estimate of drug-likeness (QED) is 0.902. The molecule has 1 aromatic carbocycles. The van der Waals surface area contributed by atoms with E-state index in [4.69, 9.17) is 4.74 Å². The molecule has 0 radical (unpaired) electrons. The van der Waals surface area contributed by atoms with Crippen LogP contribution in [0.2, 0.25) is 0 Å². The first-order valence-electron chi connectivity index (χ1n) is 5.99. The van der Waals surface area contributed by atoms with E-state index in [0.29, 0.717) is 11.8 Å². The number of hydrogen-bond donors (Lipinski definition) is 2. The van der Waals surface area contributed by atoms with Crippen LogP contribution in [-0.2, 0) is 6.42 Å². The SMILES string of the molecule is COc1cc(CC2CCCCN2)c(O)cc1Br. The van der Waals surface area contributed by atoms with Crippen LogP contribution in [0.1, 0.15) is 24.8 Å². The summed E-state index contributed by atoms with van der Waals surface area (Å²) in [5.41, 5.74) is 0.949. The molecule has 1 saturated heterocycles. The summed E-state index contributed by atoms with van der Waals surface area (Å²) in [4.78, 5) is 0. The first-order chi connectivity index (χ1) is 8.20. The second-order valence-corrected chi connectivity index (χ2v) is 5.32. The van der Waals surface area contributed by atoms with Gasteiger partial charge in [-0.3, -0.25) is 0 Å². The van der Waals surface area contributed by atoms with Crippen LogP contribution < -0.4 is 10.1 Å². The highest BCUT2D eigenvalue weighted by Crippen LogP contribution is 2.33. The van der Waals surface area contributed by atoms with E-state index in [9.17, 15) is 5.11 Å². The molecule has 3 nitrogen and oxygen atoms in total. The van der Waals surface area contributed by atoms with E-state index in [1.165, 1.54) is 19.3 Å². The molecule has 1 atom stereocenters. The third-order valence-corrected chi connectivity index (χ3v) is 3.85. The summed E-state index contributed by atoms with van der Waals surface area (Å²) in [6.07, 6.45) is 4.56. The Labute approximate surface area is 110 Å². The van der Waals surface area contributed by atoms with Gasteiger partial charge < -0.3 is 15.2 Å². The molecule has 0 spiro atoms. The smallest absolute Gasteiger partial charge is 0.133 e. The van der Waals surface area contributed by atoms with Gasteiger partial charge in [-0.05, 0) is 59.4 Å². The van der Waals surface area contributed by atoms with E-state index >= 15 is 0 Å². The Balaban J connectivity index is 2.13. The average Bonchev–Trinajstić information content (AvgIpc) is 2.34. The number of benzene rings is 1. The fourth-order valence-electron chi connectivity index (χ4n) is 2.27. The molecule has 1 heterocycles. The number of phenols is 1. The number of nitrogens with one attached hydrogen (secondary N) is 1. The molecule has 1 fully saturated rings. The number of ether oxygens (including phenoxy) is 1. The van der Waals surface area contributed by atoms with Crippen molar-refractivity contribution < 1.29 is 9.84 Å². The van der Waals surface area contributed by atoms with Gasteiger partial charge in [0.1, 0.15) is 11.5 Å². The lowest BCUT2D eigenvalue weighted by molar-refractivity contribution is 0.386. The van der Waals surface area contributed by atoms with Crippen LogP contribution in [0.4, 0.5) is 0 Å². The Morgan fingerprint density at radius 1 is 1.47 bits per heavy atom. The third-order valence-electron chi connectivity index (χ3n) is 3.23. The van der Waals surface area contributed by atoms with Gasteiger partial charge in [-0.15, -0.1) is 0 Å². The summed E-state index contributed by atoms with van der Waals surface area (Å²) in [6.45, 7) is 1.08. The number of halogens is 1. The largest absolute Gasteiger partial charge is 0.508 e. The van der Waals surface area contributed by atoms with Crippen molar-refractivity contribution in [2.24, 2.45) is 0 Å². The molecular formula is C13H18BrNO2. The number of aromatic hydroxyl groups is 1. The van der Waals surface area contributed by atoms with Crippen molar-refractivity contribution >= 4 is 15.9 Å². The average molecular weight is 300 g/mol. The molecule has 1 aliphatic heterocycles. The molecule has 0 saturated carbocycles. The second kappa shape index (κ2) is 5.74. The van der Waals surface area contributed by atoms with Crippen molar-refractivity contribution in [1.29, 1.82) is 0 Å². The third kappa shape index (κ3) is 3.13. The normalized spacial score (nSPS) is 20.2. The lowest BCUT2D eigenvalue weighted by Crippen LogP contribution is -2.35. The summed E-state index contributed by atoms with van der Waals surface area (Å²) in [7, 11) is 1.64. The van der Waals surface area contributed by atoms with E-state index < -0.39 is 0 Å². The zero-order chi connectivity index (χ0) is 12.3. The van der Waals surface area contributed by atoms with Crippen LogP contribution in [0.15, 0.2) is 16.6 Å². The first-order valence-corrected chi connectivity index (χ1v) is 6.78. The lowest BCUT2D eigenvalue weighted by atomic mass is 9.97. The predicted molar refractivity (Wildman–Crippen MR) is 71.7 cm³/mol. The van der Waals surface area contributed by atoms with Crippen LogP contribution >= 0.6 is 15.9 Å². The number of rotatable bonds is 3. The minimum absolute atomic E-state index is 0.338. The van der Waals surface area contributed by atoms with Gasteiger partial charge in [-0.1, -0.05) is 6.42 Å². The maximum atomic E-state index is 9.93. The fraction of sp³-hybridized carbons (Fsp3) is 0.538. The predicted octanol–water partition coefficient (Wildman–Crippen LogP) is 2.85. The van der Waals surface area contributed by atoms with Gasteiger partial charge in [-0.25, -0.2) is 0 Å². The Morgan fingerprint density at radius 2 is 2.29 bits per heavy atom. The number of methoxy groups -OCH3 is 1. The van der Waals surface area contributed by atoms with Crippen molar-refractivity contribution in [3.63, 3.8) is 0 Å². The van der Waals surface area contributed by atoms with Crippen molar-refractivity contribution in [1.82, 2.24) is 5.32 Å². The van der Waals surface area contributed by atoms with Crippen LogP contribution in [-0.4, -0.2) is 24.8 Å².